The molecule has 0 spiro atoms. The zero-order chi connectivity index (χ0) is 14.6. The molecule has 0 bridgehead atoms. The van der Waals surface area contributed by atoms with Gasteiger partial charge < -0.3 is 5.32 Å². The summed E-state index contributed by atoms with van der Waals surface area (Å²) in [6.07, 6.45) is 3.25. The normalized spacial score (nSPS) is 17.1. The summed E-state index contributed by atoms with van der Waals surface area (Å²) < 4.78 is 27.6. The van der Waals surface area contributed by atoms with E-state index >= 15 is 0 Å². The van der Waals surface area contributed by atoms with E-state index in [4.69, 9.17) is 0 Å². The van der Waals surface area contributed by atoms with E-state index in [0.717, 1.165) is 31.4 Å². The van der Waals surface area contributed by atoms with Gasteiger partial charge >= 0.3 is 0 Å². The molecule has 1 aliphatic rings. The van der Waals surface area contributed by atoms with E-state index in [1.165, 1.54) is 0 Å². The van der Waals surface area contributed by atoms with Crippen molar-refractivity contribution < 1.29 is 8.42 Å². The highest BCUT2D eigenvalue weighted by molar-refractivity contribution is 7.89. The van der Waals surface area contributed by atoms with Gasteiger partial charge in [-0.15, -0.1) is 0 Å². The van der Waals surface area contributed by atoms with E-state index < -0.39 is 10.0 Å². The number of nitrogens with one attached hydrogen (secondary N) is 2. The van der Waals surface area contributed by atoms with Crippen LogP contribution in [0.15, 0.2) is 29.2 Å². The predicted octanol–water partition coefficient (Wildman–Crippen LogP) is 2.26. The van der Waals surface area contributed by atoms with Gasteiger partial charge in [-0.05, 0) is 42.9 Å². The van der Waals surface area contributed by atoms with Gasteiger partial charge in [-0.1, -0.05) is 32.0 Å². The Kier molecular flexibility index (Phi) is 4.83. The molecule has 1 aromatic rings. The van der Waals surface area contributed by atoms with Crippen LogP contribution in [0.5, 0.6) is 0 Å². The van der Waals surface area contributed by atoms with Gasteiger partial charge in [0.2, 0.25) is 10.0 Å². The first-order valence-corrected chi connectivity index (χ1v) is 8.73. The summed E-state index contributed by atoms with van der Waals surface area (Å²) >= 11 is 0. The number of hydrogen-bond donors (Lipinski definition) is 2. The standard InChI is InChI=1S/C15H24N2O2S/c1-3-10-16-11-13-6-4-5-7-14(13)20(18,19)17-12-15(2)8-9-15/h4-7,16-17H,3,8-12H2,1-2H3. The number of sulfonamides is 1. The second-order valence-corrected chi connectivity index (χ2v) is 7.66. The van der Waals surface area contributed by atoms with Gasteiger partial charge in [0, 0.05) is 13.1 Å². The molecule has 0 saturated heterocycles. The van der Waals surface area contributed by atoms with Crippen LogP contribution in [0.2, 0.25) is 0 Å². The van der Waals surface area contributed by atoms with Crippen LogP contribution in [-0.4, -0.2) is 21.5 Å². The van der Waals surface area contributed by atoms with Gasteiger partial charge in [-0.3, -0.25) is 0 Å². The van der Waals surface area contributed by atoms with Crippen molar-refractivity contribution >= 4 is 10.0 Å². The lowest BCUT2D eigenvalue weighted by Crippen LogP contribution is -2.30. The van der Waals surface area contributed by atoms with E-state index in [1.807, 2.05) is 12.1 Å². The van der Waals surface area contributed by atoms with E-state index in [2.05, 4.69) is 23.9 Å². The summed E-state index contributed by atoms with van der Waals surface area (Å²) in [6.45, 7) is 6.21. The molecule has 1 saturated carbocycles. The van der Waals surface area contributed by atoms with Crippen LogP contribution in [0.1, 0.15) is 38.7 Å². The Labute approximate surface area is 122 Å². The Morgan fingerprint density at radius 3 is 2.60 bits per heavy atom. The SMILES string of the molecule is CCCNCc1ccccc1S(=O)(=O)NCC1(C)CC1. The van der Waals surface area contributed by atoms with Crippen LogP contribution in [0.25, 0.3) is 0 Å². The summed E-state index contributed by atoms with van der Waals surface area (Å²) in [5.74, 6) is 0. The smallest absolute Gasteiger partial charge is 0.240 e. The van der Waals surface area contributed by atoms with E-state index in [9.17, 15) is 8.42 Å². The van der Waals surface area contributed by atoms with Crippen molar-refractivity contribution in [3.63, 3.8) is 0 Å². The summed E-state index contributed by atoms with van der Waals surface area (Å²) in [4.78, 5) is 0.396. The lowest BCUT2D eigenvalue weighted by atomic mass is 10.2. The summed E-state index contributed by atoms with van der Waals surface area (Å²) in [7, 11) is -3.41. The third kappa shape index (κ3) is 4.04. The average Bonchev–Trinajstić information content (AvgIpc) is 3.16. The zero-order valence-corrected chi connectivity index (χ0v) is 13.1. The minimum atomic E-state index is -3.41. The minimum Gasteiger partial charge on any atom is -0.313 e. The molecule has 1 aromatic carbocycles. The molecule has 2 N–H and O–H groups in total. The Morgan fingerprint density at radius 2 is 1.95 bits per heavy atom. The number of hydrogen-bond acceptors (Lipinski definition) is 3. The van der Waals surface area contributed by atoms with E-state index in [-0.39, 0.29) is 5.41 Å². The van der Waals surface area contributed by atoms with Gasteiger partial charge in [-0.2, -0.15) is 0 Å². The Balaban J connectivity index is 2.09. The Bertz CT molecular complexity index is 551. The van der Waals surface area contributed by atoms with E-state index in [1.54, 1.807) is 12.1 Å². The molecule has 2 rings (SSSR count). The average molecular weight is 296 g/mol. The van der Waals surface area contributed by atoms with Crippen LogP contribution < -0.4 is 10.0 Å². The van der Waals surface area contributed by atoms with Crippen LogP contribution in [0.4, 0.5) is 0 Å². The molecule has 0 atom stereocenters. The number of benzene rings is 1. The summed E-state index contributed by atoms with van der Waals surface area (Å²) in [5, 5.41) is 3.26. The van der Waals surface area contributed by atoms with Gasteiger partial charge in [-0.25, -0.2) is 13.1 Å². The van der Waals surface area contributed by atoms with Crippen molar-refractivity contribution in [3.05, 3.63) is 29.8 Å². The third-order valence-corrected chi connectivity index (χ3v) is 5.30. The fourth-order valence-corrected chi connectivity index (χ4v) is 3.49. The van der Waals surface area contributed by atoms with Crippen molar-refractivity contribution in [3.8, 4) is 0 Å². The maximum absolute atomic E-state index is 12.4. The van der Waals surface area contributed by atoms with Crippen LogP contribution in [0.3, 0.4) is 0 Å². The minimum absolute atomic E-state index is 0.169. The maximum Gasteiger partial charge on any atom is 0.240 e. The molecular weight excluding hydrogens is 272 g/mol. The number of rotatable bonds is 8. The van der Waals surface area contributed by atoms with Crippen molar-refractivity contribution in [2.24, 2.45) is 5.41 Å². The highest BCUT2D eigenvalue weighted by Crippen LogP contribution is 2.44. The molecule has 0 heterocycles. The molecule has 0 aromatic heterocycles. The van der Waals surface area contributed by atoms with Gasteiger partial charge in [0.1, 0.15) is 0 Å². The predicted molar refractivity (Wildman–Crippen MR) is 81.0 cm³/mol. The first-order chi connectivity index (χ1) is 9.47. The lowest BCUT2D eigenvalue weighted by molar-refractivity contribution is 0.529. The van der Waals surface area contributed by atoms with Crippen molar-refractivity contribution in [1.29, 1.82) is 0 Å². The zero-order valence-electron chi connectivity index (χ0n) is 12.3. The van der Waals surface area contributed by atoms with Crippen LogP contribution in [-0.2, 0) is 16.6 Å². The van der Waals surface area contributed by atoms with E-state index in [0.29, 0.717) is 18.0 Å². The molecule has 1 fully saturated rings. The topological polar surface area (TPSA) is 58.2 Å². The molecule has 20 heavy (non-hydrogen) atoms. The highest BCUT2D eigenvalue weighted by atomic mass is 32.2. The van der Waals surface area contributed by atoms with Crippen LogP contribution >= 0.6 is 0 Å². The van der Waals surface area contributed by atoms with Crippen molar-refractivity contribution in [2.45, 2.75) is 44.6 Å². The summed E-state index contributed by atoms with van der Waals surface area (Å²) in [5.41, 5.74) is 0.997. The second-order valence-electron chi connectivity index (χ2n) is 5.92. The van der Waals surface area contributed by atoms with Crippen molar-refractivity contribution in [1.82, 2.24) is 10.0 Å². The molecule has 0 unspecified atom stereocenters. The van der Waals surface area contributed by atoms with Gasteiger partial charge in [0.25, 0.3) is 0 Å². The monoisotopic (exact) mass is 296 g/mol. The fraction of sp³-hybridized carbons (Fsp3) is 0.600. The lowest BCUT2D eigenvalue weighted by Gasteiger charge is -2.14. The van der Waals surface area contributed by atoms with Crippen LogP contribution in [0, 0.1) is 5.41 Å². The molecule has 0 amide bonds. The molecule has 0 radical (unpaired) electrons. The second kappa shape index (κ2) is 6.24. The van der Waals surface area contributed by atoms with Gasteiger partial charge in [0.15, 0.2) is 0 Å². The molecule has 5 heteroatoms. The fourth-order valence-electron chi connectivity index (χ4n) is 2.05. The first kappa shape index (κ1) is 15.5. The molecule has 112 valence electrons. The van der Waals surface area contributed by atoms with Gasteiger partial charge in [0.05, 0.1) is 4.90 Å². The Morgan fingerprint density at radius 1 is 1.25 bits per heavy atom. The quantitative estimate of drug-likeness (QED) is 0.724. The molecule has 1 aliphatic carbocycles. The molecule has 4 nitrogen and oxygen atoms in total. The third-order valence-electron chi connectivity index (χ3n) is 3.80. The first-order valence-electron chi connectivity index (χ1n) is 7.25. The Hall–Kier alpha value is -0.910. The largest absolute Gasteiger partial charge is 0.313 e. The molecular formula is C15H24N2O2S. The summed E-state index contributed by atoms with van der Waals surface area (Å²) in [6, 6.07) is 7.21. The van der Waals surface area contributed by atoms with Crippen molar-refractivity contribution in [2.75, 3.05) is 13.1 Å². The highest BCUT2D eigenvalue weighted by Gasteiger charge is 2.38. The molecule has 0 aliphatic heterocycles. The maximum atomic E-state index is 12.4.